The lowest BCUT2D eigenvalue weighted by atomic mass is 10.1. The molecule has 3 heterocycles. The summed E-state index contributed by atoms with van der Waals surface area (Å²) in [5.74, 6) is 1.78. The molecule has 1 aliphatic heterocycles. The average molecular weight is 392 g/mol. The Bertz CT molecular complexity index is 1100. The minimum Gasteiger partial charge on any atom is -0.454 e. The number of carbonyl (C=O) groups is 1. The lowest BCUT2D eigenvalue weighted by Gasteiger charge is -2.16. The van der Waals surface area contributed by atoms with Crippen molar-refractivity contribution in [2.24, 2.45) is 0 Å². The molecule has 0 spiro atoms. The molecular formula is C22H24N4O3. The second-order valence-electron chi connectivity index (χ2n) is 8.10. The van der Waals surface area contributed by atoms with E-state index in [2.05, 4.69) is 24.3 Å². The molecule has 1 atom stereocenters. The fourth-order valence-corrected chi connectivity index (χ4v) is 3.73. The van der Waals surface area contributed by atoms with Crippen LogP contribution in [0.2, 0.25) is 0 Å². The highest BCUT2D eigenvalue weighted by Crippen LogP contribution is 2.40. The first-order valence-electron chi connectivity index (χ1n) is 10.1. The first-order valence-corrected chi connectivity index (χ1v) is 10.1. The van der Waals surface area contributed by atoms with E-state index < -0.39 is 0 Å². The van der Waals surface area contributed by atoms with E-state index in [1.165, 1.54) is 0 Å². The van der Waals surface area contributed by atoms with Crippen molar-refractivity contribution in [3.63, 3.8) is 0 Å². The number of aromatic nitrogens is 3. The van der Waals surface area contributed by atoms with Crippen LogP contribution in [0.15, 0.2) is 30.5 Å². The van der Waals surface area contributed by atoms with Crippen molar-refractivity contribution in [2.45, 2.75) is 51.6 Å². The maximum Gasteiger partial charge on any atom is 0.252 e. The molecule has 5 rings (SSSR count). The molecule has 150 valence electrons. The summed E-state index contributed by atoms with van der Waals surface area (Å²) in [7, 11) is 0. The van der Waals surface area contributed by atoms with Crippen molar-refractivity contribution in [1.82, 2.24) is 20.1 Å². The van der Waals surface area contributed by atoms with E-state index in [9.17, 15) is 4.79 Å². The maximum absolute atomic E-state index is 13.2. The summed E-state index contributed by atoms with van der Waals surface area (Å²) in [6.45, 7) is 6.34. The summed E-state index contributed by atoms with van der Waals surface area (Å²) in [5, 5.41) is 8.39. The van der Waals surface area contributed by atoms with Crippen LogP contribution >= 0.6 is 0 Å². The van der Waals surface area contributed by atoms with Crippen LogP contribution in [0.1, 0.15) is 73.2 Å². The van der Waals surface area contributed by atoms with Gasteiger partial charge in [-0.1, -0.05) is 6.07 Å². The summed E-state index contributed by atoms with van der Waals surface area (Å²) >= 11 is 0. The summed E-state index contributed by atoms with van der Waals surface area (Å²) in [5.41, 5.74) is 3.37. The molecule has 7 nitrogen and oxygen atoms in total. The smallest absolute Gasteiger partial charge is 0.252 e. The van der Waals surface area contributed by atoms with Gasteiger partial charge < -0.3 is 14.8 Å². The van der Waals surface area contributed by atoms with Gasteiger partial charge in [-0.05, 0) is 57.4 Å². The van der Waals surface area contributed by atoms with Gasteiger partial charge in [0.25, 0.3) is 5.91 Å². The van der Waals surface area contributed by atoms with Crippen LogP contribution in [0, 0.1) is 0 Å². The van der Waals surface area contributed by atoms with Gasteiger partial charge in [-0.15, -0.1) is 0 Å². The van der Waals surface area contributed by atoms with Crippen LogP contribution in [-0.4, -0.2) is 27.5 Å². The molecule has 3 aromatic rings. The quantitative estimate of drug-likeness (QED) is 0.707. The number of hydrogen-bond acceptors (Lipinski definition) is 5. The number of pyridine rings is 1. The molecule has 0 saturated heterocycles. The molecule has 7 heteroatoms. The zero-order valence-corrected chi connectivity index (χ0v) is 16.8. The zero-order valence-electron chi connectivity index (χ0n) is 16.8. The molecule has 1 amide bonds. The fourth-order valence-electron chi connectivity index (χ4n) is 3.73. The van der Waals surface area contributed by atoms with E-state index in [4.69, 9.17) is 14.5 Å². The number of amides is 1. The summed E-state index contributed by atoms with van der Waals surface area (Å²) in [6.07, 6.45) is 4.01. The first-order chi connectivity index (χ1) is 14.0. The summed E-state index contributed by atoms with van der Waals surface area (Å²) in [4.78, 5) is 18.0. The van der Waals surface area contributed by atoms with Crippen LogP contribution in [0.5, 0.6) is 11.5 Å². The fraction of sp³-hybridized carbons (Fsp3) is 0.409. The van der Waals surface area contributed by atoms with E-state index in [1.807, 2.05) is 35.9 Å². The first kappa shape index (κ1) is 18.0. The number of nitrogens with one attached hydrogen (secondary N) is 1. The lowest BCUT2D eigenvalue weighted by Crippen LogP contribution is -2.27. The van der Waals surface area contributed by atoms with Crippen LogP contribution < -0.4 is 14.8 Å². The van der Waals surface area contributed by atoms with E-state index >= 15 is 0 Å². The van der Waals surface area contributed by atoms with Crippen molar-refractivity contribution in [1.29, 1.82) is 0 Å². The highest BCUT2D eigenvalue weighted by Gasteiger charge is 2.28. The molecule has 1 unspecified atom stereocenters. The minimum absolute atomic E-state index is 0.118. The van der Waals surface area contributed by atoms with Gasteiger partial charge >= 0.3 is 0 Å². The van der Waals surface area contributed by atoms with Crippen molar-refractivity contribution in [3.8, 4) is 11.5 Å². The topological polar surface area (TPSA) is 78.3 Å². The molecule has 1 aromatic carbocycles. The molecule has 2 aliphatic rings. The number of fused-ring (bicyclic) bond motifs is 2. The van der Waals surface area contributed by atoms with E-state index in [0.29, 0.717) is 17.2 Å². The second-order valence-corrected chi connectivity index (χ2v) is 8.10. The number of benzene rings is 1. The Hall–Kier alpha value is -3.09. The Morgan fingerprint density at radius 3 is 2.72 bits per heavy atom. The Kier molecular flexibility index (Phi) is 4.19. The third kappa shape index (κ3) is 3.20. The van der Waals surface area contributed by atoms with Crippen molar-refractivity contribution in [3.05, 3.63) is 47.3 Å². The van der Waals surface area contributed by atoms with Crippen LogP contribution in [0.4, 0.5) is 0 Å². The highest BCUT2D eigenvalue weighted by atomic mass is 16.7. The lowest BCUT2D eigenvalue weighted by molar-refractivity contribution is 0.0941. The monoisotopic (exact) mass is 392 g/mol. The number of carbonyl (C=O) groups excluding carboxylic acids is 1. The van der Waals surface area contributed by atoms with Crippen LogP contribution in [0.25, 0.3) is 11.0 Å². The Morgan fingerprint density at radius 2 is 1.97 bits per heavy atom. The third-order valence-electron chi connectivity index (χ3n) is 5.56. The Labute approximate surface area is 169 Å². The van der Waals surface area contributed by atoms with Crippen molar-refractivity contribution < 1.29 is 14.3 Å². The molecule has 1 N–H and O–H groups in total. The number of ether oxygens (including phenoxy) is 2. The highest BCUT2D eigenvalue weighted by molar-refractivity contribution is 6.05. The van der Waals surface area contributed by atoms with E-state index in [1.54, 1.807) is 6.20 Å². The largest absolute Gasteiger partial charge is 0.454 e. The maximum atomic E-state index is 13.2. The molecule has 1 aliphatic carbocycles. The molecule has 0 bridgehead atoms. The molecule has 0 radical (unpaired) electrons. The summed E-state index contributed by atoms with van der Waals surface area (Å²) in [6, 6.07) is 7.69. The van der Waals surface area contributed by atoms with Gasteiger partial charge in [0.05, 0.1) is 23.2 Å². The molecular weight excluding hydrogens is 368 g/mol. The van der Waals surface area contributed by atoms with Gasteiger partial charge in [0.1, 0.15) is 0 Å². The van der Waals surface area contributed by atoms with Gasteiger partial charge in [-0.2, -0.15) is 5.10 Å². The average Bonchev–Trinajstić information content (AvgIpc) is 3.29. The van der Waals surface area contributed by atoms with E-state index in [0.717, 1.165) is 40.9 Å². The summed E-state index contributed by atoms with van der Waals surface area (Å²) < 4.78 is 12.7. The normalized spacial score (nSPS) is 16.4. The van der Waals surface area contributed by atoms with Gasteiger partial charge in [-0.25, -0.2) is 9.67 Å². The van der Waals surface area contributed by atoms with Gasteiger partial charge in [-0.3, -0.25) is 4.79 Å². The van der Waals surface area contributed by atoms with Crippen LogP contribution in [-0.2, 0) is 0 Å². The number of rotatable bonds is 5. The minimum atomic E-state index is -0.176. The Balaban J connectivity index is 1.47. The molecule has 1 fully saturated rings. The molecule has 29 heavy (non-hydrogen) atoms. The van der Waals surface area contributed by atoms with Gasteiger partial charge in [0, 0.05) is 17.7 Å². The van der Waals surface area contributed by atoms with Gasteiger partial charge in [0.2, 0.25) is 6.79 Å². The van der Waals surface area contributed by atoms with Crippen molar-refractivity contribution >= 4 is 16.9 Å². The number of hydrogen-bond donors (Lipinski definition) is 1. The van der Waals surface area contributed by atoms with Crippen LogP contribution in [0.3, 0.4) is 0 Å². The molecule has 2 aromatic heterocycles. The second kappa shape index (κ2) is 6.76. The third-order valence-corrected chi connectivity index (χ3v) is 5.56. The SMILES string of the molecule is CC(NC(=O)c1cc(C2CC2)nc2c1cnn2C(C)C)c1ccc2c(c1)OCO2. The predicted octanol–water partition coefficient (Wildman–Crippen LogP) is 4.11. The van der Waals surface area contributed by atoms with E-state index in [-0.39, 0.29) is 24.8 Å². The Morgan fingerprint density at radius 1 is 1.17 bits per heavy atom. The zero-order chi connectivity index (χ0) is 20.1. The standard InChI is InChI=1S/C22H24N4O3/c1-12(2)26-21-17(10-23-26)16(9-18(25-21)14-4-5-14)22(27)24-13(3)15-6-7-19-20(8-15)29-11-28-19/h6-10,12-14H,4-5,11H2,1-3H3,(H,24,27). The molecule has 1 saturated carbocycles. The van der Waals surface area contributed by atoms with Crippen molar-refractivity contribution in [2.75, 3.05) is 6.79 Å². The predicted molar refractivity (Wildman–Crippen MR) is 108 cm³/mol. The number of nitrogens with zero attached hydrogens (tertiary/aromatic N) is 3. The van der Waals surface area contributed by atoms with Gasteiger partial charge in [0.15, 0.2) is 17.1 Å².